The van der Waals surface area contributed by atoms with E-state index in [9.17, 15) is 13.2 Å². The molecule has 0 aromatic rings. The van der Waals surface area contributed by atoms with Crippen LogP contribution in [0.15, 0.2) is 0 Å². The fourth-order valence-corrected chi connectivity index (χ4v) is 2.92. The Bertz CT molecular complexity index is 309. The van der Waals surface area contributed by atoms with Crippen LogP contribution in [0.1, 0.15) is 19.3 Å². The molecule has 0 radical (unpaired) electrons. The number of carbonyl (C=O) groups is 1. The first kappa shape index (κ1) is 12.4. The lowest BCUT2D eigenvalue weighted by Crippen LogP contribution is -2.36. The van der Waals surface area contributed by atoms with E-state index in [-0.39, 0.29) is 18.2 Å². The molecular weight excluding hydrogens is 218 g/mol. The van der Waals surface area contributed by atoms with Crippen molar-refractivity contribution in [2.45, 2.75) is 24.5 Å². The summed E-state index contributed by atoms with van der Waals surface area (Å²) in [6, 6.07) is 0. The SMILES string of the molecule is NC(=O)CCCNS(=O)(=O)C1CCNC1. The maximum Gasteiger partial charge on any atom is 0.217 e. The van der Waals surface area contributed by atoms with Crippen LogP contribution in [0.4, 0.5) is 0 Å². The van der Waals surface area contributed by atoms with Gasteiger partial charge >= 0.3 is 0 Å². The molecule has 0 spiro atoms. The van der Waals surface area contributed by atoms with Crippen molar-refractivity contribution < 1.29 is 13.2 Å². The summed E-state index contributed by atoms with van der Waals surface area (Å²) in [6.45, 7) is 1.53. The molecule has 7 heteroatoms. The van der Waals surface area contributed by atoms with Gasteiger partial charge in [-0.15, -0.1) is 0 Å². The molecule has 0 aliphatic carbocycles. The molecule has 1 heterocycles. The molecule has 1 amide bonds. The summed E-state index contributed by atoms with van der Waals surface area (Å²) < 4.78 is 25.7. The molecule has 1 fully saturated rings. The van der Waals surface area contributed by atoms with E-state index in [0.29, 0.717) is 19.4 Å². The van der Waals surface area contributed by atoms with Crippen LogP contribution >= 0.6 is 0 Å². The van der Waals surface area contributed by atoms with Gasteiger partial charge in [-0.2, -0.15) is 0 Å². The van der Waals surface area contributed by atoms with Gasteiger partial charge in [-0.05, 0) is 19.4 Å². The van der Waals surface area contributed by atoms with Crippen LogP contribution in [0.3, 0.4) is 0 Å². The second-order valence-corrected chi connectivity index (χ2v) is 5.67. The van der Waals surface area contributed by atoms with Gasteiger partial charge in [0, 0.05) is 19.5 Å². The molecule has 0 saturated carbocycles. The van der Waals surface area contributed by atoms with E-state index >= 15 is 0 Å². The average molecular weight is 235 g/mol. The number of nitrogens with one attached hydrogen (secondary N) is 2. The number of carbonyl (C=O) groups excluding carboxylic acids is 1. The van der Waals surface area contributed by atoms with E-state index < -0.39 is 15.9 Å². The molecule has 1 saturated heterocycles. The molecule has 0 aromatic carbocycles. The Morgan fingerprint density at radius 2 is 2.27 bits per heavy atom. The fourth-order valence-electron chi connectivity index (χ4n) is 1.49. The largest absolute Gasteiger partial charge is 0.370 e. The smallest absolute Gasteiger partial charge is 0.217 e. The third-order valence-corrected chi connectivity index (χ3v) is 4.24. The van der Waals surface area contributed by atoms with Crippen LogP contribution in [0, 0.1) is 0 Å². The van der Waals surface area contributed by atoms with E-state index in [2.05, 4.69) is 10.0 Å². The average Bonchev–Trinajstić information content (AvgIpc) is 2.65. The maximum absolute atomic E-state index is 11.6. The lowest BCUT2D eigenvalue weighted by Gasteiger charge is -2.11. The Morgan fingerprint density at radius 3 is 2.80 bits per heavy atom. The quantitative estimate of drug-likeness (QED) is 0.489. The molecular formula is C8H17N3O3S. The van der Waals surface area contributed by atoms with Gasteiger partial charge in [0.05, 0.1) is 5.25 Å². The van der Waals surface area contributed by atoms with Crippen LogP contribution in [-0.2, 0) is 14.8 Å². The number of amides is 1. The van der Waals surface area contributed by atoms with E-state index in [1.165, 1.54) is 0 Å². The first-order valence-corrected chi connectivity index (χ1v) is 6.54. The molecule has 1 atom stereocenters. The molecule has 1 rings (SSSR count). The number of hydrogen-bond donors (Lipinski definition) is 3. The summed E-state index contributed by atoms with van der Waals surface area (Å²) in [5, 5.41) is 2.65. The van der Waals surface area contributed by atoms with Crippen molar-refractivity contribution in [3.8, 4) is 0 Å². The van der Waals surface area contributed by atoms with E-state index in [0.717, 1.165) is 6.54 Å². The summed E-state index contributed by atoms with van der Waals surface area (Å²) in [5.74, 6) is -0.406. The van der Waals surface area contributed by atoms with Gasteiger partial charge < -0.3 is 11.1 Å². The summed E-state index contributed by atoms with van der Waals surface area (Å²) in [5.41, 5.74) is 4.94. The van der Waals surface area contributed by atoms with Gasteiger partial charge in [0.25, 0.3) is 0 Å². The Labute approximate surface area is 89.6 Å². The summed E-state index contributed by atoms with van der Waals surface area (Å²) in [6.07, 6.45) is 1.31. The molecule has 1 aliphatic heterocycles. The fraction of sp³-hybridized carbons (Fsp3) is 0.875. The third-order valence-electron chi connectivity index (χ3n) is 2.36. The van der Waals surface area contributed by atoms with E-state index in [4.69, 9.17) is 5.73 Å². The normalized spacial score (nSPS) is 21.7. The number of hydrogen-bond acceptors (Lipinski definition) is 4. The lowest BCUT2D eigenvalue weighted by molar-refractivity contribution is -0.118. The highest BCUT2D eigenvalue weighted by atomic mass is 32.2. The van der Waals surface area contributed by atoms with Crippen LogP contribution in [0.2, 0.25) is 0 Å². The van der Waals surface area contributed by atoms with Gasteiger partial charge in [0.15, 0.2) is 0 Å². The lowest BCUT2D eigenvalue weighted by atomic mass is 10.3. The summed E-state index contributed by atoms with van der Waals surface area (Å²) >= 11 is 0. The molecule has 4 N–H and O–H groups in total. The summed E-state index contributed by atoms with van der Waals surface area (Å²) in [4.78, 5) is 10.4. The highest BCUT2D eigenvalue weighted by molar-refractivity contribution is 7.90. The molecule has 88 valence electrons. The van der Waals surface area contributed by atoms with Crippen LogP contribution in [0.25, 0.3) is 0 Å². The predicted molar refractivity (Wildman–Crippen MR) is 56.6 cm³/mol. The molecule has 0 bridgehead atoms. The molecule has 6 nitrogen and oxygen atoms in total. The zero-order valence-electron chi connectivity index (χ0n) is 8.53. The van der Waals surface area contributed by atoms with Gasteiger partial charge in [-0.25, -0.2) is 13.1 Å². The monoisotopic (exact) mass is 235 g/mol. The highest BCUT2D eigenvalue weighted by Gasteiger charge is 2.27. The third kappa shape index (κ3) is 4.15. The Balaban J connectivity index is 2.27. The van der Waals surface area contributed by atoms with Crippen LogP contribution in [-0.4, -0.2) is 39.2 Å². The van der Waals surface area contributed by atoms with Gasteiger partial charge in [-0.1, -0.05) is 0 Å². The molecule has 1 unspecified atom stereocenters. The molecule has 15 heavy (non-hydrogen) atoms. The molecule has 0 aromatic heterocycles. The number of primary amides is 1. The van der Waals surface area contributed by atoms with Crippen molar-refractivity contribution in [1.29, 1.82) is 0 Å². The Hall–Kier alpha value is -0.660. The van der Waals surface area contributed by atoms with Crippen molar-refractivity contribution in [3.63, 3.8) is 0 Å². The minimum absolute atomic E-state index is 0.214. The van der Waals surface area contributed by atoms with Crippen LogP contribution in [0.5, 0.6) is 0 Å². The van der Waals surface area contributed by atoms with E-state index in [1.807, 2.05) is 0 Å². The Kier molecular flexibility index (Phi) is 4.49. The highest BCUT2D eigenvalue weighted by Crippen LogP contribution is 2.07. The second-order valence-electron chi connectivity index (χ2n) is 3.62. The van der Waals surface area contributed by atoms with Gasteiger partial charge in [0.2, 0.25) is 15.9 Å². The first-order valence-electron chi connectivity index (χ1n) is 5.00. The zero-order chi connectivity index (χ0) is 11.3. The predicted octanol–water partition coefficient (Wildman–Crippen LogP) is -1.47. The topological polar surface area (TPSA) is 101 Å². The minimum atomic E-state index is -3.22. The molecule has 1 aliphatic rings. The summed E-state index contributed by atoms with van der Waals surface area (Å²) in [7, 11) is -3.22. The second kappa shape index (κ2) is 5.43. The van der Waals surface area contributed by atoms with Crippen LogP contribution < -0.4 is 15.8 Å². The maximum atomic E-state index is 11.6. The van der Waals surface area contributed by atoms with Crippen molar-refractivity contribution in [3.05, 3.63) is 0 Å². The van der Waals surface area contributed by atoms with Crippen molar-refractivity contribution >= 4 is 15.9 Å². The van der Waals surface area contributed by atoms with Gasteiger partial charge in [0.1, 0.15) is 0 Å². The number of sulfonamides is 1. The zero-order valence-corrected chi connectivity index (χ0v) is 9.35. The standard InChI is InChI=1S/C8H17N3O3S/c9-8(12)2-1-4-11-15(13,14)7-3-5-10-6-7/h7,10-11H,1-6H2,(H2,9,12). The van der Waals surface area contributed by atoms with Crippen molar-refractivity contribution in [2.24, 2.45) is 5.73 Å². The Morgan fingerprint density at radius 1 is 1.53 bits per heavy atom. The first-order chi connectivity index (χ1) is 7.02. The van der Waals surface area contributed by atoms with Gasteiger partial charge in [-0.3, -0.25) is 4.79 Å². The van der Waals surface area contributed by atoms with Crippen molar-refractivity contribution in [2.75, 3.05) is 19.6 Å². The van der Waals surface area contributed by atoms with Crippen molar-refractivity contribution in [1.82, 2.24) is 10.0 Å². The minimum Gasteiger partial charge on any atom is -0.370 e. The number of nitrogens with two attached hydrogens (primary N) is 1. The van der Waals surface area contributed by atoms with E-state index in [1.54, 1.807) is 0 Å². The number of rotatable bonds is 6.